The second-order valence-corrected chi connectivity index (χ2v) is 4.81. The number of pyridine rings is 1. The van der Waals surface area contributed by atoms with Crippen molar-refractivity contribution in [2.75, 3.05) is 0 Å². The van der Waals surface area contributed by atoms with Gasteiger partial charge in [-0.2, -0.15) is 0 Å². The Hall–Kier alpha value is -3.55. The van der Waals surface area contributed by atoms with Gasteiger partial charge < -0.3 is 9.82 Å². The van der Waals surface area contributed by atoms with Crippen molar-refractivity contribution in [2.24, 2.45) is 0 Å². The molecule has 1 N–H and O–H groups in total. The normalized spacial score (nSPS) is 13.5. The Morgan fingerprint density at radius 3 is 2.48 bits per heavy atom. The molecule has 0 aliphatic carbocycles. The standard InChI is InChI=1S/C15H8N4O4/c20-13-8-3-1-2-4-9(8)14(21)19(13)23-15(22)10-5-16-6-11-12(10)18-7-17-11/h1-7H,(H,17,18). The summed E-state index contributed by atoms with van der Waals surface area (Å²) in [7, 11) is 0. The summed E-state index contributed by atoms with van der Waals surface area (Å²) in [6.45, 7) is 0. The fraction of sp³-hybridized carbons (Fsp3) is 0. The summed E-state index contributed by atoms with van der Waals surface area (Å²) in [4.78, 5) is 52.3. The summed E-state index contributed by atoms with van der Waals surface area (Å²) < 4.78 is 0. The van der Waals surface area contributed by atoms with E-state index in [4.69, 9.17) is 4.84 Å². The number of carbonyl (C=O) groups excluding carboxylic acids is 3. The number of rotatable bonds is 2. The summed E-state index contributed by atoms with van der Waals surface area (Å²) in [5.74, 6) is -2.24. The number of nitrogens with one attached hydrogen (secondary N) is 1. The topological polar surface area (TPSA) is 105 Å². The average Bonchev–Trinajstić information content (AvgIpc) is 3.14. The summed E-state index contributed by atoms with van der Waals surface area (Å²) in [6.07, 6.45) is 4.18. The number of benzene rings is 1. The number of hydrogen-bond acceptors (Lipinski definition) is 6. The van der Waals surface area contributed by atoms with Gasteiger partial charge in [0.2, 0.25) is 0 Å². The monoisotopic (exact) mass is 308 g/mol. The Kier molecular flexibility index (Phi) is 2.70. The predicted octanol–water partition coefficient (Wildman–Crippen LogP) is 1.33. The maximum Gasteiger partial charge on any atom is 0.367 e. The van der Waals surface area contributed by atoms with Crippen molar-refractivity contribution in [2.45, 2.75) is 0 Å². The molecule has 0 saturated heterocycles. The summed E-state index contributed by atoms with van der Waals surface area (Å²) >= 11 is 0. The molecule has 1 aliphatic heterocycles. The molecule has 0 radical (unpaired) electrons. The van der Waals surface area contributed by atoms with Crippen molar-refractivity contribution in [1.82, 2.24) is 20.0 Å². The van der Waals surface area contributed by atoms with Crippen LogP contribution in [0.3, 0.4) is 0 Å². The van der Waals surface area contributed by atoms with Gasteiger partial charge in [0.15, 0.2) is 0 Å². The number of amides is 2. The van der Waals surface area contributed by atoms with Crippen LogP contribution in [-0.4, -0.2) is 37.8 Å². The number of aromatic nitrogens is 3. The van der Waals surface area contributed by atoms with E-state index in [1.54, 1.807) is 12.1 Å². The molecule has 8 nitrogen and oxygen atoms in total. The van der Waals surface area contributed by atoms with E-state index in [1.165, 1.54) is 30.9 Å². The highest BCUT2D eigenvalue weighted by atomic mass is 16.7. The van der Waals surface area contributed by atoms with Gasteiger partial charge in [-0.1, -0.05) is 17.2 Å². The van der Waals surface area contributed by atoms with Gasteiger partial charge in [-0.05, 0) is 12.1 Å². The molecule has 3 aromatic rings. The Morgan fingerprint density at radius 2 is 1.78 bits per heavy atom. The minimum Gasteiger partial charge on any atom is -0.343 e. The number of aromatic amines is 1. The van der Waals surface area contributed by atoms with Gasteiger partial charge in [-0.15, -0.1) is 0 Å². The largest absolute Gasteiger partial charge is 0.367 e. The number of nitrogens with zero attached hydrogens (tertiary/aromatic N) is 3. The average molecular weight is 308 g/mol. The molecule has 1 aromatic carbocycles. The highest BCUT2D eigenvalue weighted by Gasteiger charge is 2.39. The fourth-order valence-electron chi connectivity index (χ4n) is 2.40. The lowest BCUT2D eigenvalue weighted by Crippen LogP contribution is -2.32. The van der Waals surface area contributed by atoms with Crippen molar-refractivity contribution in [3.63, 3.8) is 0 Å². The Balaban J connectivity index is 1.67. The number of imidazole rings is 1. The van der Waals surface area contributed by atoms with Gasteiger partial charge in [0.25, 0.3) is 11.8 Å². The molecule has 0 fully saturated rings. The minimum absolute atomic E-state index is 0.0558. The molecule has 23 heavy (non-hydrogen) atoms. The fourth-order valence-corrected chi connectivity index (χ4v) is 2.40. The van der Waals surface area contributed by atoms with Crippen molar-refractivity contribution in [3.8, 4) is 0 Å². The molecule has 0 spiro atoms. The lowest BCUT2D eigenvalue weighted by Gasteiger charge is -2.12. The van der Waals surface area contributed by atoms with Crippen LogP contribution in [0.25, 0.3) is 11.0 Å². The van der Waals surface area contributed by atoms with E-state index in [1.807, 2.05) is 0 Å². The quantitative estimate of drug-likeness (QED) is 0.716. The summed E-state index contributed by atoms with van der Waals surface area (Å²) in [5.41, 5.74) is 1.34. The van der Waals surface area contributed by atoms with E-state index >= 15 is 0 Å². The molecule has 2 aromatic heterocycles. The lowest BCUT2D eigenvalue weighted by atomic mass is 10.1. The van der Waals surface area contributed by atoms with E-state index in [0.29, 0.717) is 16.1 Å². The highest BCUT2D eigenvalue weighted by molar-refractivity contribution is 6.21. The van der Waals surface area contributed by atoms with Crippen LogP contribution in [0.4, 0.5) is 0 Å². The molecule has 4 rings (SSSR count). The molecule has 0 atom stereocenters. The number of hydrogen-bond donors (Lipinski definition) is 1. The second-order valence-electron chi connectivity index (χ2n) is 4.81. The number of H-pyrrole nitrogens is 1. The number of hydroxylamine groups is 2. The Labute approximate surface area is 128 Å². The van der Waals surface area contributed by atoms with Crippen LogP contribution in [0.2, 0.25) is 0 Å². The molecular weight excluding hydrogens is 300 g/mol. The molecule has 0 unspecified atom stereocenters. The van der Waals surface area contributed by atoms with Gasteiger partial charge in [-0.3, -0.25) is 14.6 Å². The van der Waals surface area contributed by atoms with Crippen LogP contribution in [0, 0.1) is 0 Å². The van der Waals surface area contributed by atoms with Crippen LogP contribution in [0.15, 0.2) is 43.0 Å². The SMILES string of the molecule is O=C(ON1C(=O)c2ccccc2C1=O)c1cncc2[nH]cnc12. The van der Waals surface area contributed by atoms with Gasteiger partial charge in [0.05, 0.1) is 29.2 Å². The van der Waals surface area contributed by atoms with Crippen LogP contribution in [0.5, 0.6) is 0 Å². The second kappa shape index (κ2) is 4.73. The zero-order valence-electron chi connectivity index (χ0n) is 11.5. The smallest absolute Gasteiger partial charge is 0.343 e. The van der Waals surface area contributed by atoms with Crippen molar-refractivity contribution in [3.05, 3.63) is 59.7 Å². The first-order valence-electron chi connectivity index (χ1n) is 6.64. The maximum absolute atomic E-state index is 12.3. The van der Waals surface area contributed by atoms with Gasteiger partial charge in [0, 0.05) is 6.20 Å². The van der Waals surface area contributed by atoms with Crippen LogP contribution in [0.1, 0.15) is 31.1 Å². The van der Waals surface area contributed by atoms with Crippen LogP contribution >= 0.6 is 0 Å². The third-order valence-corrected chi connectivity index (χ3v) is 3.48. The van der Waals surface area contributed by atoms with Gasteiger partial charge in [-0.25, -0.2) is 9.78 Å². The molecule has 8 heteroatoms. The third kappa shape index (κ3) is 1.89. The number of imide groups is 1. The molecule has 112 valence electrons. The first kappa shape index (κ1) is 13.1. The van der Waals surface area contributed by atoms with E-state index < -0.39 is 17.8 Å². The first-order valence-corrected chi connectivity index (χ1v) is 6.64. The molecule has 1 aliphatic rings. The summed E-state index contributed by atoms with van der Waals surface area (Å²) in [6, 6.07) is 6.26. The van der Waals surface area contributed by atoms with E-state index in [9.17, 15) is 14.4 Å². The molecule has 2 amide bonds. The van der Waals surface area contributed by atoms with Crippen molar-refractivity contribution >= 4 is 28.8 Å². The van der Waals surface area contributed by atoms with E-state index in [0.717, 1.165) is 0 Å². The van der Waals surface area contributed by atoms with Crippen molar-refractivity contribution in [1.29, 1.82) is 0 Å². The number of carbonyl (C=O) groups is 3. The van der Waals surface area contributed by atoms with Crippen molar-refractivity contribution < 1.29 is 19.2 Å². The summed E-state index contributed by atoms with van der Waals surface area (Å²) in [5, 5.41) is 0.457. The zero-order valence-corrected chi connectivity index (χ0v) is 11.5. The molecule has 0 bridgehead atoms. The van der Waals surface area contributed by atoms with E-state index in [-0.39, 0.29) is 16.7 Å². The highest BCUT2D eigenvalue weighted by Crippen LogP contribution is 2.24. The molecule has 0 saturated carbocycles. The van der Waals surface area contributed by atoms with Crippen LogP contribution < -0.4 is 0 Å². The van der Waals surface area contributed by atoms with Gasteiger partial charge >= 0.3 is 5.97 Å². The minimum atomic E-state index is -0.885. The van der Waals surface area contributed by atoms with E-state index in [2.05, 4.69) is 15.0 Å². The Bertz CT molecular complexity index is 943. The molecular formula is C15H8N4O4. The lowest BCUT2D eigenvalue weighted by molar-refractivity contribution is -0.0583. The Morgan fingerprint density at radius 1 is 1.09 bits per heavy atom. The number of fused-ring (bicyclic) bond motifs is 2. The first-order chi connectivity index (χ1) is 11.2. The maximum atomic E-state index is 12.3. The predicted molar refractivity (Wildman–Crippen MR) is 76.2 cm³/mol. The zero-order chi connectivity index (χ0) is 16.0. The third-order valence-electron chi connectivity index (χ3n) is 3.48. The van der Waals surface area contributed by atoms with Crippen LogP contribution in [-0.2, 0) is 4.84 Å². The van der Waals surface area contributed by atoms with Gasteiger partial charge in [0.1, 0.15) is 11.1 Å². The molecule has 3 heterocycles.